The van der Waals surface area contributed by atoms with Crippen LogP contribution in [0, 0.1) is 5.82 Å². The van der Waals surface area contributed by atoms with E-state index < -0.39 is 27.6 Å². The molecule has 0 saturated carbocycles. The standard InChI is InChI=1S/C22H20FNO4S/c23-19-9-5-4-8-18(19)20-10-11-21(28-20)22(25)24(14-16-6-2-1-3-7-16)17-12-13-29(26,27)15-17/h1-11,17H,12-15H2/t17-/m0/s1. The van der Waals surface area contributed by atoms with E-state index in [0.29, 0.717) is 6.42 Å². The van der Waals surface area contributed by atoms with Gasteiger partial charge >= 0.3 is 0 Å². The van der Waals surface area contributed by atoms with E-state index >= 15 is 0 Å². The smallest absolute Gasteiger partial charge is 0.290 e. The Labute approximate surface area is 168 Å². The fraction of sp³-hybridized carbons (Fsp3) is 0.227. The molecular weight excluding hydrogens is 393 g/mol. The highest BCUT2D eigenvalue weighted by Crippen LogP contribution is 2.27. The summed E-state index contributed by atoms with van der Waals surface area (Å²) in [5, 5.41) is 0. The van der Waals surface area contributed by atoms with Crippen LogP contribution in [0.5, 0.6) is 0 Å². The third-order valence-electron chi connectivity index (χ3n) is 5.06. The van der Waals surface area contributed by atoms with Crippen LogP contribution in [-0.2, 0) is 16.4 Å². The first-order chi connectivity index (χ1) is 13.9. The number of benzene rings is 2. The number of carbonyl (C=O) groups is 1. The Morgan fingerprint density at radius 2 is 1.76 bits per heavy atom. The molecule has 1 aliphatic rings. The lowest BCUT2D eigenvalue weighted by atomic mass is 10.1. The molecule has 0 N–H and O–H groups in total. The quantitative estimate of drug-likeness (QED) is 0.636. The Hall–Kier alpha value is -2.93. The molecule has 0 aliphatic carbocycles. The van der Waals surface area contributed by atoms with Crippen molar-refractivity contribution < 1.29 is 22.0 Å². The third-order valence-corrected chi connectivity index (χ3v) is 6.81. The van der Waals surface area contributed by atoms with Gasteiger partial charge in [0, 0.05) is 12.6 Å². The lowest BCUT2D eigenvalue weighted by Gasteiger charge is -2.27. The van der Waals surface area contributed by atoms with Gasteiger partial charge in [-0.3, -0.25) is 4.79 Å². The van der Waals surface area contributed by atoms with Gasteiger partial charge in [0.05, 0.1) is 17.1 Å². The summed E-state index contributed by atoms with van der Waals surface area (Å²) in [6, 6.07) is 18.2. The molecule has 1 fully saturated rings. The highest BCUT2D eigenvalue weighted by Gasteiger charge is 2.36. The second kappa shape index (κ2) is 7.83. The largest absolute Gasteiger partial charge is 0.451 e. The number of halogens is 1. The molecule has 1 aliphatic heterocycles. The van der Waals surface area contributed by atoms with Crippen molar-refractivity contribution in [2.24, 2.45) is 0 Å². The molecule has 1 aromatic heterocycles. The number of hydrogen-bond acceptors (Lipinski definition) is 4. The Bertz CT molecular complexity index is 1120. The van der Waals surface area contributed by atoms with Crippen molar-refractivity contribution in [2.45, 2.75) is 19.0 Å². The van der Waals surface area contributed by atoms with Crippen molar-refractivity contribution in [2.75, 3.05) is 11.5 Å². The van der Waals surface area contributed by atoms with Gasteiger partial charge in [0.2, 0.25) is 0 Å². The van der Waals surface area contributed by atoms with Gasteiger partial charge < -0.3 is 9.32 Å². The molecule has 2 heterocycles. The fourth-order valence-electron chi connectivity index (χ4n) is 3.57. The molecule has 150 valence electrons. The van der Waals surface area contributed by atoms with E-state index in [1.54, 1.807) is 29.2 Å². The molecule has 1 amide bonds. The number of amides is 1. The second-order valence-electron chi connectivity index (χ2n) is 7.12. The summed E-state index contributed by atoms with van der Waals surface area (Å²) in [7, 11) is -3.17. The number of hydrogen-bond donors (Lipinski definition) is 0. The zero-order valence-electron chi connectivity index (χ0n) is 15.6. The zero-order chi connectivity index (χ0) is 20.4. The van der Waals surface area contributed by atoms with Gasteiger partial charge in [0.25, 0.3) is 5.91 Å². The minimum Gasteiger partial charge on any atom is -0.451 e. The average molecular weight is 413 g/mol. The van der Waals surface area contributed by atoms with Crippen molar-refractivity contribution in [3.8, 4) is 11.3 Å². The van der Waals surface area contributed by atoms with E-state index in [-0.39, 0.29) is 35.1 Å². The van der Waals surface area contributed by atoms with Crippen LogP contribution in [0.15, 0.2) is 71.1 Å². The molecule has 1 atom stereocenters. The summed E-state index contributed by atoms with van der Waals surface area (Å²) in [4.78, 5) is 14.8. The van der Waals surface area contributed by atoms with Crippen LogP contribution < -0.4 is 0 Å². The Morgan fingerprint density at radius 1 is 1.03 bits per heavy atom. The monoisotopic (exact) mass is 413 g/mol. The first-order valence-electron chi connectivity index (χ1n) is 9.33. The maximum Gasteiger partial charge on any atom is 0.290 e. The van der Waals surface area contributed by atoms with Crippen molar-refractivity contribution >= 4 is 15.7 Å². The molecule has 5 nitrogen and oxygen atoms in total. The molecule has 0 unspecified atom stereocenters. The molecule has 3 aromatic rings. The number of carbonyl (C=O) groups excluding carboxylic acids is 1. The molecule has 4 rings (SSSR count). The summed E-state index contributed by atoms with van der Waals surface area (Å²) in [6.07, 6.45) is 0.391. The van der Waals surface area contributed by atoms with Crippen LogP contribution in [-0.4, -0.2) is 36.8 Å². The lowest BCUT2D eigenvalue weighted by Crippen LogP contribution is -2.40. The normalized spacial score (nSPS) is 17.9. The van der Waals surface area contributed by atoms with Crippen molar-refractivity contribution in [1.82, 2.24) is 4.90 Å². The molecule has 1 saturated heterocycles. The average Bonchev–Trinajstić information content (AvgIpc) is 3.33. The molecular formula is C22H20FNO4S. The lowest BCUT2D eigenvalue weighted by molar-refractivity contribution is 0.0649. The summed E-state index contributed by atoms with van der Waals surface area (Å²) < 4.78 is 43.7. The van der Waals surface area contributed by atoms with E-state index in [1.165, 1.54) is 12.1 Å². The summed E-state index contributed by atoms with van der Waals surface area (Å²) in [5.74, 6) is -0.530. The van der Waals surface area contributed by atoms with Crippen LogP contribution >= 0.6 is 0 Å². The van der Waals surface area contributed by atoms with Crippen LogP contribution in [0.1, 0.15) is 22.5 Å². The predicted molar refractivity (Wildman–Crippen MR) is 107 cm³/mol. The molecule has 7 heteroatoms. The van der Waals surface area contributed by atoms with E-state index in [0.717, 1.165) is 5.56 Å². The highest BCUT2D eigenvalue weighted by atomic mass is 32.2. The van der Waals surface area contributed by atoms with E-state index in [9.17, 15) is 17.6 Å². The van der Waals surface area contributed by atoms with Gasteiger partial charge in [0.15, 0.2) is 15.6 Å². The maximum absolute atomic E-state index is 14.0. The van der Waals surface area contributed by atoms with E-state index in [1.807, 2.05) is 30.3 Å². The highest BCUT2D eigenvalue weighted by molar-refractivity contribution is 7.91. The zero-order valence-corrected chi connectivity index (χ0v) is 16.4. The molecule has 0 radical (unpaired) electrons. The Kier molecular flexibility index (Phi) is 5.24. The Morgan fingerprint density at radius 3 is 2.45 bits per heavy atom. The third kappa shape index (κ3) is 4.24. The van der Waals surface area contributed by atoms with Gasteiger partial charge in [-0.25, -0.2) is 12.8 Å². The maximum atomic E-state index is 14.0. The van der Waals surface area contributed by atoms with Gasteiger partial charge in [-0.2, -0.15) is 0 Å². The summed E-state index contributed by atoms with van der Waals surface area (Å²) >= 11 is 0. The minimum absolute atomic E-state index is 0.0588. The van der Waals surface area contributed by atoms with Crippen molar-refractivity contribution in [1.29, 1.82) is 0 Å². The van der Waals surface area contributed by atoms with Crippen LogP contribution in [0.25, 0.3) is 11.3 Å². The van der Waals surface area contributed by atoms with Gasteiger partial charge in [-0.05, 0) is 36.2 Å². The molecule has 0 spiro atoms. The van der Waals surface area contributed by atoms with Crippen LogP contribution in [0.4, 0.5) is 4.39 Å². The first kappa shape index (κ1) is 19.4. The second-order valence-corrected chi connectivity index (χ2v) is 9.35. The van der Waals surface area contributed by atoms with Crippen molar-refractivity contribution in [3.05, 3.63) is 83.9 Å². The van der Waals surface area contributed by atoms with Gasteiger partial charge in [-0.1, -0.05) is 42.5 Å². The molecule has 29 heavy (non-hydrogen) atoms. The minimum atomic E-state index is -3.17. The fourth-order valence-corrected chi connectivity index (χ4v) is 5.30. The summed E-state index contributed by atoms with van der Waals surface area (Å²) in [6.45, 7) is 0.273. The van der Waals surface area contributed by atoms with E-state index in [2.05, 4.69) is 0 Å². The van der Waals surface area contributed by atoms with Crippen LogP contribution in [0.2, 0.25) is 0 Å². The number of furan rings is 1. The van der Waals surface area contributed by atoms with Gasteiger partial charge in [-0.15, -0.1) is 0 Å². The van der Waals surface area contributed by atoms with Gasteiger partial charge in [0.1, 0.15) is 11.6 Å². The molecule has 0 bridgehead atoms. The molecule has 2 aromatic carbocycles. The number of nitrogens with zero attached hydrogens (tertiary/aromatic N) is 1. The van der Waals surface area contributed by atoms with Crippen LogP contribution in [0.3, 0.4) is 0 Å². The van der Waals surface area contributed by atoms with Crippen molar-refractivity contribution in [3.63, 3.8) is 0 Å². The van der Waals surface area contributed by atoms with E-state index in [4.69, 9.17) is 4.42 Å². The topological polar surface area (TPSA) is 67.6 Å². The number of sulfone groups is 1. The Balaban J connectivity index is 1.64. The number of rotatable bonds is 5. The first-order valence-corrected chi connectivity index (χ1v) is 11.2. The summed E-state index contributed by atoms with van der Waals surface area (Å²) in [5.41, 5.74) is 1.16. The predicted octanol–water partition coefficient (Wildman–Crippen LogP) is 3.92. The SMILES string of the molecule is O=C(c1ccc(-c2ccccc2F)o1)N(Cc1ccccc1)[C@H]1CCS(=O)(=O)C1.